The highest BCUT2D eigenvalue weighted by Crippen LogP contribution is 2.60. The molecule has 4 unspecified atom stereocenters. The van der Waals surface area contributed by atoms with Gasteiger partial charge in [0.25, 0.3) is 0 Å². The van der Waals surface area contributed by atoms with Crippen LogP contribution in [-0.2, 0) is 9.53 Å². The number of rotatable bonds is 3. The Labute approximate surface area is 103 Å². The van der Waals surface area contributed by atoms with Gasteiger partial charge in [0.2, 0.25) is 0 Å². The maximum atomic E-state index is 10.9. The average molecular weight is 241 g/mol. The normalized spacial score (nSPS) is 45.2. The monoisotopic (exact) mass is 241 g/mol. The molecule has 1 saturated carbocycles. The Morgan fingerprint density at radius 2 is 2.12 bits per heavy atom. The summed E-state index contributed by atoms with van der Waals surface area (Å²) in [6.45, 7) is 4.01. The zero-order valence-corrected chi connectivity index (χ0v) is 11.2. The summed E-state index contributed by atoms with van der Waals surface area (Å²) < 4.78 is 5.89. The lowest BCUT2D eigenvalue weighted by Crippen LogP contribution is -2.45. The first kappa shape index (κ1) is 12.8. The second-order valence-electron chi connectivity index (χ2n) is 6.38. The van der Waals surface area contributed by atoms with E-state index in [9.17, 15) is 4.79 Å². The molecule has 0 bridgehead atoms. The number of hydrogen-bond acceptors (Lipinski definition) is 3. The van der Waals surface area contributed by atoms with E-state index in [4.69, 9.17) is 9.84 Å². The summed E-state index contributed by atoms with van der Waals surface area (Å²) in [5.41, 5.74) is -0.195. The fourth-order valence-electron chi connectivity index (χ4n) is 3.85. The van der Waals surface area contributed by atoms with Crippen molar-refractivity contribution in [1.29, 1.82) is 0 Å². The minimum absolute atomic E-state index is 0.110. The van der Waals surface area contributed by atoms with E-state index in [1.165, 1.54) is 6.42 Å². The van der Waals surface area contributed by atoms with Gasteiger partial charge < -0.3 is 14.7 Å². The number of carboxylic acid groups (broad SMARTS) is 1. The second-order valence-corrected chi connectivity index (χ2v) is 6.38. The van der Waals surface area contributed by atoms with Crippen molar-refractivity contribution in [3.63, 3.8) is 0 Å². The first-order valence-corrected chi connectivity index (χ1v) is 6.32. The fraction of sp³-hybridized carbons (Fsp3) is 0.923. The van der Waals surface area contributed by atoms with E-state index in [1.54, 1.807) is 0 Å². The lowest BCUT2D eigenvalue weighted by atomic mass is 9.80. The molecule has 2 rings (SSSR count). The van der Waals surface area contributed by atoms with Gasteiger partial charge in [-0.1, -0.05) is 0 Å². The number of aliphatic carboxylic acids is 1. The molecular formula is C13H23NO3. The lowest BCUT2D eigenvalue weighted by Gasteiger charge is -2.42. The van der Waals surface area contributed by atoms with Crippen LogP contribution in [0.15, 0.2) is 0 Å². The van der Waals surface area contributed by atoms with Gasteiger partial charge in [-0.3, -0.25) is 4.79 Å². The number of carbonyl (C=O) groups is 1. The quantitative estimate of drug-likeness (QED) is 0.817. The molecule has 4 nitrogen and oxygen atoms in total. The highest BCUT2D eigenvalue weighted by atomic mass is 16.5. The van der Waals surface area contributed by atoms with Gasteiger partial charge in [-0.2, -0.15) is 0 Å². The van der Waals surface area contributed by atoms with Gasteiger partial charge in [-0.05, 0) is 52.6 Å². The van der Waals surface area contributed by atoms with Gasteiger partial charge in [-0.25, -0.2) is 0 Å². The summed E-state index contributed by atoms with van der Waals surface area (Å²) >= 11 is 0. The molecule has 1 saturated heterocycles. The van der Waals surface area contributed by atoms with Crippen LogP contribution in [0.3, 0.4) is 0 Å². The Bertz CT molecular complexity index is 331. The first-order chi connectivity index (χ1) is 7.76. The molecule has 1 aliphatic carbocycles. The van der Waals surface area contributed by atoms with Crippen LogP contribution in [0.1, 0.15) is 39.5 Å². The van der Waals surface area contributed by atoms with E-state index >= 15 is 0 Å². The highest BCUT2D eigenvalue weighted by Gasteiger charge is 2.61. The lowest BCUT2D eigenvalue weighted by molar-refractivity contribution is -0.163. The molecule has 0 aromatic carbocycles. The molecule has 2 aliphatic rings. The summed E-state index contributed by atoms with van der Waals surface area (Å²) in [7, 11) is 4.21. The predicted molar refractivity (Wildman–Crippen MR) is 65.0 cm³/mol. The van der Waals surface area contributed by atoms with Crippen LogP contribution in [0.5, 0.6) is 0 Å². The van der Waals surface area contributed by atoms with Gasteiger partial charge in [0.1, 0.15) is 0 Å². The highest BCUT2D eigenvalue weighted by molar-refractivity contribution is 5.68. The topological polar surface area (TPSA) is 49.8 Å². The predicted octanol–water partition coefficient (Wildman–Crippen LogP) is 1.74. The van der Waals surface area contributed by atoms with Crippen molar-refractivity contribution in [2.24, 2.45) is 5.41 Å². The van der Waals surface area contributed by atoms with Crippen LogP contribution < -0.4 is 0 Å². The smallest absolute Gasteiger partial charge is 0.306 e. The third kappa shape index (κ3) is 2.47. The standard InChI is InChI=1S/C13H23NO3/c1-9-5-13(6-10(13)14(3)4)8-12(2,17-9)7-11(15)16/h9-10H,5-8H2,1-4H3,(H,15,16). The molecule has 2 fully saturated rings. The molecule has 0 aromatic heterocycles. The third-order valence-corrected chi connectivity index (χ3v) is 4.20. The molecule has 1 spiro atoms. The average Bonchev–Trinajstić information content (AvgIpc) is 2.73. The Morgan fingerprint density at radius 1 is 1.47 bits per heavy atom. The SMILES string of the molecule is CC1CC2(CC2N(C)C)CC(C)(CC(=O)O)O1. The van der Waals surface area contributed by atoms with Crippen molar-refractivity contribution in [2.45, 2.75) is 57.3 Å². The number of ether oxygens (including phenoxy) is 1. The molecule has 4 atom stereocenters. The Balaban J connectivity index is 2.10. The summed E-state index contributed by atoms with van der Waals surface area (Å²) in [4.78, 5) is 13.2. The Hall–Kier alpha value is -0.610. The molecule has 0 amide bonds. The maximum absolute atomic E-state index is 10.9. The molecule has 17 heavy (non-hydrogen) atoms. The van der Waals surface area contributed by atoms with Crippen molar-refractivity contribution in [3.05, 3.63) is 0 Å². The molecule has 0 aromatic rings. The summed E-state index contributed by atoms with van der Waals surface area (Å²) in [6.07, 6.45) is 3.39. The Kier molecular flexibility index (Phi) is 2.99. The van der Waals surface area contributed by atoms with Crippen molar-refractivity contribution in [2.75, 3.05) is 14.1 Å². The van der Waals surface area contributed by atoms with Gasteiger partial charge in [0.15, 0.2) is 0 Å². The molecule has 1 N–H and O–H groups in total. The minimum Gasteiger partial charge on any atom is -0.481 e. The minimum atomic E-state index is -0.765. The molecule has 1 aliphatic heterocycles. The van der Waals surface area contributed by atoms with Crippen LogP contribution in [0, 0.1) is 5.41 Å². The van der Waals surface area contributed by atoms with E-state index in [2.05, 4.69) is 25.9 Å². The van der Waals surface area contributed by atoms with Crippen molar-refractivity contribution in [3.8, 4) is 0 Å². The van der Waals surface area contributed by atoms with Gasteiger partial charge >= 0.3 is 5.97 Å². The van der Waals surface area contributed by atoms with Crippen molar-refractivity contribution >= 4 is 5.97 Å². The van der Waals surface area contributed by atoms with E-state index in [0.717, 1.165) is 12.8 Å². The summed E-state index contributed by atoms with van der Waals surface area (Å²) in [5, 5.41) is 8.99. The van der Waals surface area contributed by atoms with Crippen LogP contribution in [-0.4, -0.2) is 47.8 Å². The summed E-state index contributed by atoms with van der Waals surface area (Å²) in [6, 6.07) is 0.599. The van der Waals surface area contributed by atoms with Crippen LogP contribution in [0.2, 0.25) is 0 Å². The van der Waals surface area contributed by atoms with Crippen LogP contribution in [0.25, 0.3) is 0 Å². The number of nitrogens with zero attached hydrogens (tertiary/aromatic N) is 1. The van der Waals surface area contributed by atoms with E-state index < -0.39 is 11.6 Å². The fourth-order valence-corrected chi connectivity index (χ4v) is 3.85. The van der Waals surface area contributed by atoms with Crippen LogP contribution in [0.4, 0.5) is 0 Å². The molecular weight excluding hydrogens is 218 g/mol. The number of carboxylic acids is 1. The van der Waals surface area contributed by atoms with Crippen molar-refractivity contribution in [1.82, 2.24) is 4.90 Å². The zero-order chi connectivity index (χ0) is 12.8. The molecule has 4 heteroatoms. The second kappa shape index (κ2) is 3.95. The molecule has 0 radical (unpaired) electrons. The van der Waals surface area contributed by atoms with E-state index in [-0.39, 0.29) is 12.5 Å². The van der Waals surface area contributed by atoms with E-state index in [1.807, 2.05) is 6.92 Å². The largest absolute Gasteiger partial charge is 0.481 e. The molecule has 1 heterocycles. The molecule has 98 valence electrons. The van der Waals surface area contributed by atoms with Gasteiger partial charge in [0, 0.05) is 6.04 Å². The van der Waals surface area contributed by atoms with E-state index in [0.29, 0.717) is 11.5 Å². The van der Waals surface area contributed by atoms with Crippen LogP contribution >= 0.6 is 0 Å². The number of hydrogen-bond donors (Lipinski definition) is 1. The first-order valence-electron chi connectivity index (χ1n) is 6.32. The maximum Gasteiger partial charge on any atom is 0.306 e. The Morgan fingerprint density at radius 3 is 2.59 bits per heavy atom. The third-order valence-electron chi connectivity index (χ3n) is 4.20. The van der Waals surface area contributed by atoms with Gasteiger partial charge in [-0.15, -0.1) is 0 Å². The summed E-state index contributed by atoms with van der Waals surface area (Å²) in [5.74, 6) is -0.765. The van der Waals surface area contributed by atoms with Crippen molar-refractivity contribution < 1.29 is 14.6 Å². The van der Waals surface area contributed by atoms with Gasteiger partial charge in [0.05, 0.1) is 18.1 Å². The zero-order valence-electron chi connectivity index (χ0n) is 11.2.